The van der Waals surface area contributed by atoms with E-state index in [2.05, 4.69) is 35.7 Å². The summed E-state index contributed by atoms with van der Waals surface area (Å²) in [4.78, 5) is 27.3. The molecule has 12 heteroatoms. The molecule has 3 aromatic rings. The van der Waals surface area contributed by atoms with Crippen molar-refractivity contribution in [3.8, 4) is 0 Å². The molecule has 0 spiro atoms. The topological polar surface area (TPSA) is 129 Å². The summed E-state index contributed by atoms with van der Waals surface area (Å²) in [5, 5.41) is 19.3. The van der Waals surface area contributed by atoms with E-state index < -0.39 is 0 Å². The molecule has 3 aliphatic rings. The highest BCUT2D eigenvalue weighted by Gasteiger charge is 2.41. The number of rotatable bonds is 6. The number of nitrogens with zero attached hydrogens (tertiary/aromatic N) is 7. The van der Waals surface area contributed by atoms with Crippen LogP contribution in [0.25, 0.3) is 11.0 Å². The van der Waals surface area contributed by atoms with Crippen molar-refractivity contribution >= 4 is 34.5 Å². The van der Waals surface area contributed by atoms with Crippen LogP contribution in [0.2, 0.25) is 0 Å². The van der Waals surface area contributed by atoms with E-state index >= 15 is 0 Å². The van der Waals surface area contributed by atoms with Crippen LogP contribution < -0.4 is 10.6 Å². The van der Waals surface area contributed by atoms with E-state index in [0.29, 0.717) is 37.3 Å². The van der Waals surface area contributed by atoms with E-state index in [9.17, 15) is 4.79 Å². The van der Waals surface area contributed by atoms with Gasteiger partial charge in [-0.1, -0.05) is 0 Å². The highest BCUT2D eigenvalue weighted by atomic mass is 16.5. The normalized spacial score (nSPS) is 24.7. The second-order valence-corrected chi connectivity index (χ2v) is 10.2. The van der Waals surface area contributed by atoms with Crippen molar-refractivity contribution in [2.75, 3.05) is 43.5 Å². The first kappa shape index (κ1) is 23.2. The molecule has 0 unspecified atom stereocenters. The van der Waals surface area contributed by atoms with Gasteiger partial charge in [0.2, 0.25) is 11.9 Å². The van der Waals surface area contributed by atoms with E-state index in [-0.39, 0.29) is 24.0 Å². The Morgan fingerprint density at radius 1 is 1.19 bits per heavy atom. The van der Waals surface area contributed by atoms with Crippen molar-refractivity contribution in [2.45, 2.75) is 57.2 Å². The minimum absolute atomic E-state index is 0.207. The number of morpholine rings is 1. The zero-order chi connectivity index (χ0) is 24.6. The molecule has 3 N–H and O–H groups in total. The van der Waals surface area contributed by atoms with E-state index in [4.69, 9.17) is 14.7 Å². The molecule has 6 heterocycles. The molecule has 0 radical (unpaired) electrons. The van der Waals surface area contributed by atoms with E-state index in [1.54, 1.807) is 10.9 Å². The third-order valence-corrected chi connectivity index (χ3v) is 7.60. The number of amides is 1. The molecule has 36 heavy (non-hydrogen) atoms. The Hall–Kier alpha value is -3.25. The molecule has 0 aliphatic carbocycles. The number of carbonyl (C=O) groups is 1. The summed E-state index contributed by atoms with van der Waals surface area (Å²) >= 11 is 0. The Balaban J connectivity index is 1.18. The molecule has 3 saturated heterocycles. The van der Waals surface area contributed by atoms with Crippen LogP contribution in [0.15, 0.2) is 12.3 Å². The summed E-state index contributed by atoms with van der Waals surface area (Å²) < 4.78 is 7.20. The van der Waals surface area contributed by atoms with Crippen LogP contribution >= 0.6 is 0 Å². The lowest BCUT2D eigenvalue weighted by Crippen LogP contribution is -2.59. The van der Waals surface area contributed by atoms with Crippen molar-refractivity contribution in [1.82, 2.24) is 39.7 Å². The minimum atomic E-state index is 0.207. The smallest absolute Gasteiger partial charge is 0.237 e. The van der Waals surface area contributed by atoms with Gasteiger partial charge in [0.1, 0.15) is 5.82 Å². The Morgan fingerprint density at radius 3 is 2.69 bits per heavy atom. The molecule has 3 aliphatic heterocycles. The largest absolute Gasteiger partial charge is 0.379 e. The predicted octanol–water partition coefficient (Wildman–Crippen LogP) is 1.79. The van der Waals surface area contributed by atoms with Crippen molar-refractivity contribution < 1.29 is 9.53 Å². The fourth-order valence-corrected chi connectivity index (χ4v) is 5.91. The Bertz CT molecular complexity index is 1220. The summed E-state index contributed by atoms with van der Waals surface area (Å²) in [7, 11) is 1.88. The summed E-state index contributed by atoms with van der Waals surface area (Å²) in [6, 6.07) is 2.66. The van der Waals surface area contributed by atoms with Gasteiger partial charge in [-0.2, -0.15) is 20.2 Å². The number of aryl methyl sites for hydroxylation is 2. The number of aromatic amines is 1. The third-order valence-electron chi connectivity index (χ3n) is 7.60. The number of ether oxygens (including phenoxy) is 1. The quantitative estimate of drug-likeness (QED) is 0.470. The second-order valence-electron chi connectivity index (χ2n) is 10.2. The van der Waals surface area contributed by atoms with Gasteiger partial charge in [0, 0.05) is 50.0 Å². The average Bonchev–Trinajstić information content (AvgIpc) is 3.44. The lowest BCUT2D eigenvalue weighted by Gasteiger charge is -2.49. The summed E-state index contributed by atoms with van der Waals surface area (Å²) in [6.07, 6.45) is 6.85. The van der Waals surface area contributed by atoms with Crippen LogP contribution in [-0.2, 0) is 16.6 Å². The predicted molar refractivity (Wildman–Crippen MR) is 135 cm³/mol. The zero-order valence-corrected chi connectivity index (χ0v) is 20.9. The lowest BCUT2D eigenvalue weighted by atomic mass is 9.81. The SMILES string of the molecule is Cc1cc(Nc2nc(N[C@@H]3C[C@H]4CCC[C@@H](C3)N4C(=O)CN3CCOCC3)nc3c2cnn3C)n[nH]1. The summed E-state index contributed by atoms with van der Waals surface area (Å²) in [5.41, 5.74) is 1.72. The summed E-state index contributed by atoms with van der Waals surface area (Å²) in [5.74, 6) is 2.19. The fraction of sp³-hybridized carbons (Fsp3) is 0.625. The van der Waals surface area contributed by atoms with Crippen LogP contribution in [0.3, 0.4) is 0 Å². The van der Waals surface area contributed by atoms with Gasteiger partial charge in [-0.25, -0.2) is 0 Å². The average molecular weight is 495 g/mol. The Kier molecular flexibility index (Phi) is 6.22. The molecule has 192 valence electrons. The zero-order valence-electron chi connectivity index (χ0n) is 20.9. The highest BCUT2D eigenvalue weighted by Crippen LogP contribution is 2.35. The number of hydrogen-bond acceptors (Lipinski definition) is 9. The molecule has 3 atom stereocenters. The Labute approximate surface area is 209 Å². The van der Waals surface area contributed by atoms with Crippen molar-refractivity contribution in [3.63, 3.8) is 0 Å². The molecular weight excluding hydrogens is 460 g/mol. The molecule has 2 bridgehead atoms. The van der Waals surface area contributed by atoms with Gasteiger partial charge < -0.3 is 20.3 Å². The van der Waals surface area contributed by atoms with Gasteiger partial charge in [0.25, 0.3) is 0 Å². The molecule has 1 amide bonds. The van der Waals surface area contributed by atoms with Crippen LogP contribution in [-0.4, -0.2) is 96.6 Å². The maximum Gasteiger partial charge on any atom is 0.237 e. The van der Waals surface area contributed by atoms with Crippen LogP contribution in [0.1, 0.15) is 37.8 Å². The van der Waals surface area contributed by atoms with Gasteiger partial charge in [-0.15, -0.1) is 0 Å². The van der Waals surface area contributed by atoms with E-state index in [1.165, 1.54) is 6.42 Å². The number of anilines is 3. The maximum absolute atomic E-state index is 13.3. The first-order valence-corrected chi connectivity index (χ1v) is 12.9. The highest BCUT2D eigenvalue weighted by molar-refractivity contribution is 5.89. The van der Waals surface area contributed by atoms with Crippen molar-refractivity contribution in [2.24, 2.45) is 7.05 Å². The minimum Gasteiger partial charge on any atom is -0.379 e. The van der Waals surface area contributed by atoms with E-state index in [1.807, 2.05) is 20.0 Å². The number of hydrogen-bond donors (Lipinski definition) is 3. The van der Waals surface area contributed by atoms with Gasteiger partial charge in [-0.05, 0) is 39.0 Å². The van der Waals surface area contributed by atoms with Gasteiger partial charge in [0.05, 0.1) is 31.3 Å². The fourth-order valence-electron chi connectivity index (χ4n) is 5.91. The number of aromatic nitrogens is 6. The standard InChI is InChI=1S/C24H34N10O2/c1-15-10-20(31-30-15)27-22-19-13-25-32(2)23(19)29-24(28-22)26-16-11-17-4-3-5-18(12-16)34(17)21(35)14-33-6-8-36-9-7-33/h10,13,16-18H,3-9,11-12,14H2,1-2H3,(H3,26,27,28,29,30,31)/t16-,17-,18+. The number of H-pyrrole nitrogens is 1. The van der Waals surface area contributed by atoms with Crippen molar-refractivity contribution in [1.29, 1.82) is 0 Å². The lowest BCUT2D eigenvalue weighted by molar-refractivity contribution is -0.143. The molecule has 0 aromatic carbocycles. The molecule has 3 aromatic heterocycles. The van der Waals surface area contributed by atoms with Crippen molar-refractivity contribution in [3.05, 3.63) is 18.0 Å². The van der Waals surface area contributed by atoms with Crippen LogP contribution in [0.5, 0.6) is 0 Å². The van der Waals surface area contributed by atoms with Gasteiger partial charge in [-0.3, -0.25) is 19.5 Å². The number of nitrogens with one attached hydrogen (secondary N) is 3. The van der Waals surface area contributed by atoms with Gasteiger partial charge in [0.15, 0.2) is 11.5 Å². The second kappa shape index (κ2) is 9.66. The molecule has 0 saturated carbocycles. The number of fused-ring (bicyclic) bond motifs is 3. The van der Waals surface area contributed by atoms with E-state index in [0.717, 1.165) is 55.5 Å². The summed E-state index contributed by atoms with van der Waals surface area (Å²) in [6.45, 7) is 5.55. The molecule has 6 rings (SSSR count). The first-order chi connectivity index (χ1) is 17.5. The molecular formula is C24H34N10O2. The number of carbonyl (C=O) groups excluding carboxylic acids is 1. The first-order valence-electron chi connectivity index (χ1n) is 12.9. The van der Waals surface area contributed by atoms with Crippen LogP contribution in [0.4, 0.5) is 17.6 Å². The molecule has 3 fully saturated rings. The number of piperidine rings is 2. The van der Waals surface area contributed by atoms with Crippen LogP contribution in [0, 0.1) is 6.92 Å². The van der Waals surface area contributed by atoms with Gasteiger partial charge >= 0.3 is 0 Å². The monoisotopic (exact) mass is 494 g/mol. The Morgan fingerprint density at radius 2 is 1.97 bits per heavy atom. The molecule has 12 nitrogen and oxygen atoms in total. The maximum atomic E-state index is 13.3. The third kappa shape index (κ3) is 4.62.